The molecule has 1 aliphatic rings. The van der Waals surface area contributed by atoms with Crippen LogP contribution in [-0.4, -0.2) is 34.2 Å². The van der Waals surface area contributed by atoms with Gasteiger partial charge in [0.15, 0.2) is 5.78 Å². The number of halogens is 2. The van der Waals surface area contributed by atoms with Crippen molar-refractivity contribution < 1.29 is 9.59 Å². The van der Waals surface area contributed by atoms with Crippen molar-refractivity contribution in [3.05, 3.63) is 104 Å². The van der Waals surface area contributed by atoms with Crippen molar-refractivity contribution in [3.63, 3.8) is 0 Å². The second-order valence-corrected chi connectivity index (χ2v) is 8.71. The highest BCUT2D eigenvalue weighted by Crippen LogP contribution is 2.27. The number of likely N-dealkylation sites (tertiary alicyclic amines) is 1. The molecule has 0 spiro atoms. The number of pyridine rings is 1. The van der Waals surface area contributed by atoms with Gasteiger partial charge in [-0.25, -0.2) is 0 Å². The van der Waals surface area contributed by atoms with Gasteiger partial charge in [0, 0.05) is 30.8 Å². The molecule has 32 heavy (non-hydrogen) atoms. The third-order valence-electron chi connectivity index (χ3n) is 5.80. The standard InChI is InChI=1S/C25H22Cl2N2O3/c26-21-9-8-19(15-22(21)27)23(30)18-10-13-28(14-11-18)24(31)20-7-4-12-29(25(20)32)16-17-5-2-1-3-6-17/h1-9,12,15,18H,10-11,13-14,16H2. The molecule has 0 bridgehead atoms. The molecule has 1 aromatic heterocycles. The van der Waals surface area contributed by atoms with Crippen LogP contribution in [0.3, 0.4) is 0 Å². The molecule has 7 heteroatoms. The molecule has 0 unspecified atom stereocenters. The van der Waals surface area contributed by atoms with Gasteiger partial charge in [0.25, 0.3) is 11.5 Å². The fourth-order valence-corrected chi connectivity index (χ4v) is 4.30. The second kappa shape index (κ2) is 9.72. The molecule has 5 nitrogen and oxygen atoms in total. The molecule has 4 rings (SSSR count). The topological polar surface area (TPSA) is 59.4 Å². The van der Waals surface area contributed by atoms with Gasteiger partial charge in [0.2, 0.25) is 0 Å². The Hall–Kier alpha value is -2.89. The van der Waals surface area contributed by atoms with Crippen molar-refractivity contribution in [1.29, 1.82) is 0 Å². The van der Waals surface area contributed by atoms with Crippen molar-refractivity contribution >= 4 is 34.9 Å². The van der Waals surface area contributed by atoms with Gasteiger partial charge < -0.3 is 9.47 Å². The first-order valence-corrected chi connectivity index (χ1v) is 11.2. The van der Waals surface area contributed by atoms with E-state index in [9.17, 15) is 14.4 Å². The molecule has 1 saturated heterocycles. The third kappa shape index (κ3) is 4.79. The molecular formula is C25H22Cl2N2O3. The van der Waals surface area contributed by atoms with Crippen LogP contribution in [0.25, 0.3) is 0 Å². The van der Waals surface area contributed by atoms with Gasteiger partial charge in [0.1, 0.15) is 5.56 Å². The number of hydrogen-bond acceptors (Lipinski definition) is 3. The lowest BCUT2D eigenvalue weighted by atomic mass is 9.88. The van der Waals surface area contributed by atoms with Crippen molar-refractivity contribution in [2.45, 2.75) is 19.4 Å². The number of Topliss-reactive ketones (excluding diaryl/α,β-unsaturated/α-hetero) is 1. The summed E-state index contributed by atoms with van der Waals surface area (Å²) < 4.78 is 1.54. The van der Waals surface area contributed by atoms with E-state index in [1.54, 1.807) is 46.0 Å². The van der Waals surface area contributed by atoms with Crippen LogP contribution in [0, 0.1) is 5.92 Å². The summed E-state index contributed by atoms with van der Waals surface area (Å²) in [5.74, 6) is -0.486. The Morgan fingerprint density at radius 3 is 2.31 bits per heavy atom. The molecule has 0 atom stereocenters. The monoisotopic (exact) mass is 468 g/mol. The van der Waals surface area contributed by atoms with Crippen LogP contribution < -0.4 is 5.56 Å². The number of ketones is 1. The summed E-state index contributed by atoms with van der Waals surface area (Å²) in [5, 5.41) is 0.755. The predicted molar refractivity (Wildman–Crippen MR) is 126 cm³/mol. The summed E-state index contributed by atoms with van der Waals surface area (Å²) >= 11 is 12.0. The molecule has 3 aromatic rings. The number of carbonyl (C=O) groups excluding carboxylic acids is 2. The molecule has 1 amide bonds. The minimum atomic E-state index is -0.310. The van der Waals surface area contributed by atoms with Crippen molar-refractivity contribution in [2.75, 3.05) is 13.1 Å². The summed E-state index contributed by atoms with van der Waals surface area (Å²) in [7, 11) is 0. The Morgan fingerprint density at radius 2 is 1.62 bits per heavy atom. The number of carbonyl (C=O) groups is 2. The Labute approximate surface area is 196 Å². The summed E-state index contributed by atoms with van der Waals surface area (Å²) in [6.45, 7) is 1.24. The van der Waals surface area contributed by atoms with Crippen LogP contribution in [0.1, 0.15) is 39.1 Å². The van der Waals surface area contributed by atoms with E-state index in [1.807, 2.05) is 30.3 Å². The minimum Gasteiger partial charge on any atom is -0.338 e. The maximum Gasteiger partial charge on any atom is 0.263 e. The van der Waals surface area contributed by atoms with Gasteiger partial charge in [0.05, 0.1) is 16.6 Å². The van der Waals surface area contributed by atoms with Crippen LogP contribution in [-0.2, 0) is 6.54 Å². The number of aromatic nitrogens is 1. The van der Waals surface area contributed by atoms with E-state index in [0.717, 1.165) is 5.56 Å². The largest absolute Gasteiger partial charge is 0.338 e. The van der Waals surface area contributed by atoms with E-state index in [4.69, 9.17) is 23.2 Å². The maximum absolute atomic E-state index is 13.0. The van der Waals surface area contributed by atoms with E-state index in [2.05, 4.69) is 0 Å². The maximum atomic E-state index is 13.0. The van der Waals surface area contributed by atoms with Crippen molar-refractivity contribution in [3.8, 4) is 0 Å². The van der Waals surface area contributed by atoms with Gasteiger partial charge >= 0.3 is 0 Å². The Balaban J connectivity index is 1.43. The number of piperidine rings is 1. The van der Waals surface area contributed by atoms with Gasteiger partial charge in [-0.15, -0.1) is 0 Å². The minimum absolute atomic E-state index is 0.000550. The Kier molecular flexibility index (Phi) is 6.77. The first-order chi connectivity index (χ1) is 15.4. The predicted octanol–water partition coefficient (Wildman–Crippen LogP) is 4.94. The van der Waals surface area contributed by atoms with Crippen LogP contribution >= 0.6 is 23.2 Å². The van der Waals surface area contributed by atoms with E-state index < -0.39 is 0 Å². The zero-order chi connectivity index (χ0) is 22.7. The summed E-state index contributed by atoms with van der Waals surface area (Å²) in [6.07, 6.45) is 2.76. The first kappa shape index (κ1) is 22.3. The van der Waals surface area contributed by atoms with E-state index in [1.165, 1.54) is 0 Å². The fraction of sp³-hybridized carbons (Fsp3) is 0.240. The smallest absolute Gasteiger partial charge is 0.263 e. The molecular weight excluding hydrogens is 447 g/mol. The van der Waals surface area contributed by atoms with Crippen LogP contribution in [0.2, 0.25) is 10.0 Å². The zero-order valence-corrected chi connectivity index (χ0v) is 18.9. The number of hydrogen-bond donors (Lipinski definition) is 0. The molecule has 1 fully saturated rings. The van der Waals surface area contributed by atoms with Gasteiger partial charge in [-0.1, -0.05) is 53.5 Å². The lowest BCUT2D eigenvalue weighted by molar-refractivity contribution is 0.0648. The first-order valence-electron chi connectivity index (χ1n) is 10.5. The summed E-state index contributed by atoms with van der Waals surface area (Å²) in [5.41, 5.74) is 1.35. The molecule has 2 heterocycles. The number of amides is 1. The number of benzene rings is 2. The summed E-state index contributed by atoms with van der Waals surface area (Å²) in [4.78, 5) is 40.4. The average molecular weight is 469 g/mol. The third-order valence-corrected chi connectivity index (χ3v) is 6.54. The van der Waals surface area contributed by atoms with Crippen molar-refractivity contribution in [1.82, 2.24) is 9.47 Å². The highest BCUT2D eigenvalue weighted by atomic mass is 35.5. The fourth-order valence-electron chi connectivity index (χ4n) is 4.00. The lowest BCUT2D eigenvalue weighted by Gasteiger charge is -2.31. The molecule has 164 valence electrons. The number of rotatable bonds is 5. The lowest BCUT2D eigenvalue weighted by Crippen LogP contribution is -2.42. The number of nitrogens with zero attached hydrogens (tertiary/aromatic N) is 2. The SMILES string of the molecule is O=C(c1ccc(Cl)c(Cl)c1)C1CCN(C(=O)c2cccn(Cc3ccccc3)c2=O)CC1. The molecule has 1 aliphatic heterocycles. The van der Waals surface area contributed by atoms with E-state index >= 15 is 0 Å². The molecule has 0 aliphatic carbocycles. The van der Waals surface area contributed by atoms with Gasteiger partial charge in [-0.05, 0) is 48.7 Å². The molecule has 0 radical (unpaired) electrons. The van der Waals surface area contributed by atoms with Gasteiger partial charge in [-0.2, -0.15) is 0 Å². The quantitative estimate of drug-likeness (QED) is 0.498. The van der Waals surface area contributed by atoms with Crippen LogP contribution in [0.4, 0.5) is 0 Å². The highest BCUT2D eigenvalue weighted by molar-refractivity contribution is 6.42. The van der Waals surface area contributed by atoms with Crippen LogP contribution in [0.15, 0.2) is 71.7 Å². The van der Waals surface area contributed by atoms with Crippen molar-refractivity contribution in [2.24, 2.45) is 5.92 Å². The molecule has 2 aromatic carbocycles. The molecule has 0 N–H and O–H groups in total. The van der Waals surface area contributed by atoms with E-state index in [0.29, 0.717) is 48.1 Å². The zero-order valence-electron chi connectivity index (χ0n) is 17.3. The van der Waals surface area contributed by atoms with E-state index in [-0.39, 0.29) is 28.7 Å². The average Bonchev–Trinajstić information content (AvgIpc) is 2.82. The molecule has 0 saturated carbocycles. The normalized spacial score (nSPS) is 14.4. The van der Waals surface area contributed by atoms with Crippen LogP contribution in [0.5, 0.6) is 0 Å². The Bertz CT molecular complexity index is 1200. The van der Waals surface area contributed by atoms with Gasteiger partial charge in [-0.3, -0.25) is 14.4 Å². The highest BCUT2D eigenvalue weighted by Gasteiger charge is 2.29. The second-order valence-electron chi connectivity index (χ2n) is 7.90. The summed E-state index contributed by atoms with van der Waals surface area (Å²) in [6, 6.07) is 17.8. The Morgan fingerprint density at radius 1 is 0.906 bits per heavy atom.